The van der Waals surface area contributed by atoms with Crippen molar-refractivity contribution in [1.82, 2.24) is 21.3 Å². The van der Waals surface area contributed by atoms with Crippen molar-refractivity contribution in [2.75, 3.05) is 0 Å². The van der Waals surface area contributed by atoms with Crippen LogP contribution < -0.4 is 27.0 Å². The van der Waals surface area contributed by atoms with Gasteiger partial charge in [-0.1, -0.05) is 12.1 Å². The minimum atomic E-state index is -1.29. The summed E-state index contributed by atoms with van der Waals surface area (Å²) in [7, 11) is 0. The van der Waals surface area contributed by atoms with Crippen LogP contribution >= 0.6 is 0 Å². The number of aliphatic carboxylic acids is 2. The van der Waals surface area contributed by atoms with Crippen LogP contribution in [0.4, 0.5) is 4.79 Å². The molecule has 8 N–H and O–H groups in total. The molecule has 3 rings (SSSR count). The number of amides is 3. The van der Waals surface area contributed by atoms with Crippen LogP contribution in [-0.2, 0) is 16.0 Å². The van der Waals surface area contributed by atoms with Gasteiger partial charge in [0.25, 0.3) is 5.91 Å². The highest BCUT2D eigenvalue weighted by Crippen LogP contribution is 2.26. The first-order valence-electron chi connectivity index (χ1n) is 9.61. The Morgan fingerprint density at radius 3 is 2.48 bits per heavy atom. The smallest absolute Gasteiger partial charge is 0.326 e. The highest BCUT2D eigenvalue weighted by Gasteiger charge is 2.31. The van der Waals surface area contributed by atoms with Gasteiger partial charge in [0.1, 0.15) is 18.0 Å². The summed E-state index contributed by atoms with van der Waals surface area (Å²) >= 11 is 0. The number of hydrogen-bond donors (Lipinski definition) is 7. The lowest BCUT2D eigenvalue weighted by Gasteiger charge is -2.24. The van der Waals surface area contributed by atoms with Crippen LogP contribution in [0.15, 0.2) is 47.4 Å². The molecule has 1 unspecified atom stereocenters. The molecule has 0 saturated carbocycles. The molecule has 3 amide bonds. The molecule has 0 fully saturated rings. The van der Waals surface area contributed by atoms with Crippen LogP contribution in [0.3, 0.4) is 0 Å². The minimum Gasteiger partial charge on any atom is -0.481 e. The predicted octanol–water partition coefficient (Wildman–Crippen LogP) is -0.0367. The van der Waals surface area contributed by atoms with Crippen molar-refractivity contribution in [3.05, 3.63) is 58.6 Å². The average Bonchev–Trinajstić information content (AvgIpc) is 3.12. The molecule has 0 radical (unpaired) electrons. The summed E-state index contributed by atoms with van der Waals surface area (Å²) in [6.07, 6.45) is 2.21. The van der Waals surface area contributed by atoms with E-state index in [4.69, 9.17) is 15.9 Å². The zero-order chi connectivity index (χ0) is 22.5. The Morgan fingerprint density at radius 1 is 1.13 bits per heavy atom. The van der Waals surface area contributed by atoms with E-state index in [9.17, 15) is 19.2 Å². The van der Waals surface area contributed by atoms with Gasteiger partial charge in [-0.3, -0.25) is 14.9 Å². The lowest BCUT2D eigenvalue weighted by atomic mass is 9.98. The van der Waals surface area contributed by atoms with Crippen molar-refractivity contribution in [3.8, 4) is 0 Å². The molecule has 2 aliphatic heterocycles. The van der Waals surface area contributed by atoms with Gasteiger partial charge in [0.05, 0.1) is 0 Å². The first-order valence-corrected chi connectivity index (χ1v) is 9.61. The fourth-order valence-corrected chi connectivity index (χ4v) is 3.40. The van der Waals surface area contributed by atoms with Crippen LogP contribution in [0.25, 0.3) is 0 Å². The van der Waals surface area contributed by atoms with Crippen LogP contribution in [0.2, 0.25) is 0 Å². The number of carbonyl (C=O) groups is 4. The molecule has 2 aliphatic rings. The standard InChI is InChI=1S/C20H23N5O6/c21-16-15-12(9-22-17(15)25-20(31)24-16)6-3-10-1-4-11(5-2-10)18(28)23-13(19(29)30)7-8-14(26)27/h1-2,4-5,9,13,17,22H,3,6-8,21H2,(H,23,28)(H,26,27)(H,29,30)(H2,24,25,31)/t13-,17?/m0/s1. The Morgan fingerprint density at radius 2 is 1.84 bits per heavy atom. The van der Waals surface area contributed by atoms with Gasteiger partial charge < -0.3 is 31.9 Å². The zero-order valence-electron chi connectivity index (χ0n) is 16.5. The number of hydrogen-bond acceptors (Lipinski definition) is 6. The minimum absolute atomic E-state index is 0.201. The highest BCUT2D eigenvalue weighted by molar-refractivity contribution is 5.96. The molecule has 0 spiro atoms. The third kappa shape index (κ3) is 5.32. The molecule has 164 valence electrons. The summed E-state index contributed by atoms with van der Waals surface area (Å²) in [5.41, 5.74) is 8.92. The van der Waals surface area contributed by atoms with Gasteiger partial charge in [-0.2, -0.15) is 0 Å². The first-order chi connectivity index (χ1) is 14.7. The summed E-state index contributed by atoms with van der Waals surface area (Å²) in [5.74, 6) is -2.69. The third-order valence-corrected chi connectivity index (χ3v) is 5.02. The third-order valence-electron chi connectivity index (χ3n) is 5.02. The highest BCUT2D eigenvalue weighted by atomic mass is 16.4. The fraction of sp³-hybridized carbons (Fsp3) is 0.300. The summed E-state index contributed by atoms with van der Waals surface area (Å²) in [5, 5.41) is 28.5. The van der Waals surface area contributed by atoms with E-state index in [1.165, 1.54) is 0 Å². The van der Waals surface area contributed by atoms with Gasteiger partial charge in [0, 0.05) is 23.8 Å². The van der Waals surface area contributed by atoms with E-state index in [0.29, 0.717) is 18.7 Å². The quantitative estimate of drug-likeness (QED) is 0.285. The number of fused-ring (bicyclic) bond motifs is 1. The van der Waals surface area contributed by atoms with E-state index in [2.05, 4.69) is 21.3 Å². The van der Waals surface area contributed by atoms with Gasteiger partial charge in [0.2, 0.25) is 0 Å². The Bertz CT molecular complexity index is 969. The van der Waals surface area contributed by atoms with Gasteiger partial charge in [0.15, 0.2) is 0 Å². The van der Waals surface area contributed by atoms with E-state index in [1.54, 1.807) is 24.3 Å². The van der Waals surface area contributed by atoms with Crippen LogP contribution in [0, 0.1) is 0 Å². The summed E-state index contributed by atoms with van der Waals surface area (Å²) in [6, 6.07) is 5.06. The topological polar surface area (TPSA) is 183 Å². The van der Waals surface area contributed by atoms with E-state index < -0.39 is 23.9 Å². The molecule has 2 heterocycles. The number of urea groups is 1. The molecule has 0 bridgehead atoms. The Balaban J connectivity index is 1.57. The maximum atomic E-state index is 12.3. The molecular formula is C20H23N5O6. The second kappa shape index (κ2) is 9.20. The Labute approximate surface area is 177 Å². The zero-order valence-corrected chi connectivity index (χ0v) is 16.5. The van der Waals surface area contributed by atoms with Crippen molar-refractivity contribution >= 4 is 23.9 Å². The van der Waals surface area contributed by atoms with Gasteiger partial charge in [-0.15, -0.1) is 0 Å². The second-order valence-electron chi connectivity index (χ2n) is 7.19. The number of nitrogens with one attached hydrogen (secondary N) is 4. The van der Waals surface area contributed by atoms with Crippen LogP contribution in [0.5, 0.6) is 0 Å². The fourth-order valence-electron chi connectivity index (χ4n) is 3.40. The van der Waals surface area contributed by atoms with Gasteiger partial charge in [-0.25, -0.2) is 9.59 Å². The Kier molecular flexibility index (Phi) is 6.43. The van der Waals surface area contributed by atoms with Crippen LogP contribution in [0.1, 0.15) is 35.2 Å². The number of rotatable bonds is 9. The molecular weight excluding hydrogens is 406 g/mol. The number of benzene rings is 1. The second-order valence-corrected chi connectivity index (χ2v) is 7.19. The predicted molar refractivity (Wildman–Crippen MR) is 108 cm³/mol. The van der Waals surface area contributed by atoms with E-state index in [1.807, 2.05) is 6.20 Å². The number of carbonyl (C=O) groups excluding carboxylic acids is 2. The molecule has 0 aliphatic carbocycles. The average molecular weight is 429 g/mol. The lowest BCUT2D eigenvalue weighted by Crippen LogP contribution is -2.53. The maximum Gasteiger partial charge on any atom is 0.326 e. The van der Waals surface area contributed by atoms with Crippen molar-refractivity contribution in [2.45, 2.75) is 37.9 Å². The largest absolute Gasteiger partial charge is 0.481 e. The van der Waals surface area contributed by atoms with Crippen molar-refractivity contribution in [2.24, 2.45) is 5.73 Å². The summed E-state index contributed by atoms with van der Waals surface area (Å²) < 4.78 is 0. The van der Waals surface area contributed by atoms with Gasteiger partial charge in [-0.05, 0) is 42.5 Å². The molecule has 2 atom stereocenters. The van der Waals surface area contributed by atoms with Crippen molar-refractivity contribution in [1.29, 1.82) is 0 Å². The van der Waals surface area contributed by atoms with Gasteiger partial charge >= 0.3 is 18.0 Å². The number of carboxylic acid groups (broad SMARTS) is 2. The molecule has 11 nitrogen and oxygen atoms in total. The number of aryl methyl sites for hydroxylation is 1. The van der Waals surface area contributed by atoms with Crippen LogP contribution in [-0.4, -0.2) is 46.3 Å². The molecule has 31 heavy (non-hydrogen) atoms. The number of carboxylic acids is 2. The normalized spacial score (nSPS) is 18.1. The number of nitrogens with two attached hydrogens (primary N) is 1. The Hall–Kier alpha value is -4.02. The van der Waals surface area contributed by atoms with E-state index in [0.717, 1.165) is 16.7 Å². The first kappa shape index (κ1) is 21.7. The van der Waals surface area contributed by atoms with E-state index >= 15 is 0 Å². The van der Waals surface area contributed by atoms with E-state index in [-0.39, 0.29) is 30.6 Å². The van der Waals surface area contributed by atoms with Crippen molar-refractivity contribution < 1.29 is 29.4 Å². The maximum absolute atomic E-state index is 12.3. The SMILES string of the molecule is NC1=C2C(CCc3ccc(C(=O)N[C@@H](CCC(=O)O)C(=O)O)cc3)=CNC2NC(=O)N1. The lowest BCUT2D eigenvalue weighted by molar-refractivity contribution is -0.140. The summed E-state index contributed by atoms with van der Waals surface area (Å²) in [6.45, 7) is 0. The molecule has 0 saturated heterocycles. The molecule has 1 aromatic carbocycles. The molecule has 0 aromatic heterocycles. The summed E-state index contributed by atoms with van der Waals surface area (Å²) in [4.78, 5) is 45.6. The molecule has 11 heteroatoms. The molecule has 1 aromatic rings. The monoisotopic (exact) mass is 429 g/mol. The van der Waals surface area contributed by atoms with Crippen molar-refractivity contribution in [3.63, 3.8) is 0 Å².